The molecule has 0 saturated carbocycles. The molecule has 3 rings (SSSR count). The maximum absolute atomic E-state index is 12.2. The molecule has 2 aromatic rings. The average Bonchev–Trinajstić information content (AvgIpc) is 3.18. The van der Waals surface area contributed by atoms with E-state index in [1.807, 2.05) is 4.57 Å². The molecule has 0 aliphatic carbocycles. The Kier molecular flexibility index (Phi) is 8.12. The number of benzene rings is 1. The van der Waals surface area contributed by atoms with Gasteiger partial charge in [0.2, 0.25) is 5.91 Å². The van der Waals surface area contributed by atoms with E-state index in [0.717, 1.165) is 42.7 Å². The summed E-state index contributed by atoms with van der Waals surface area (Å²) >= 11 is 1.42. The molecule has 7 heteroatoms. The van der Waals surface area contributed by atoms with Crippen molar-refractivity contribution in [3.05, 3.63) is 35.7 Å². The van der Waals surface area contributed by atoms with Gasteiger partial charge in [0.15, 0.2) is 5.16 Å². The number of nitrogens with zero attached hydrogens (tertiary/aromatic N) is 4. The SMILES string of the molecule is Cc1ccc(-n2cnnc2SCC(=O)NCCCCN2CCC(C)CC2)cc1C. The van der Waals surface area contributed by atoms with E-state index in [9.17, 15) is 4.79 Å². The van der Waals surface area contributed by atoms with Gasteiger partial charge >= 0.3 is 0 Å². The van der Waals surface area contributed by atoms with Crippen molar-refractivity contribution < 1.29 is 4.79 Å². The fraction of sp³-hybridized carbons (Fsp3) is 0.591. The Labute approximate surface area is 178 Å². The molecule has 1 aliphatic rings. The minimum Gasteiger partial charge on any atom is -0.355 e. The lowest BCUT2D eigenvalue weighted by molar-refractivity contribution is -0.118. The summed E-state index contributed by atoms with van der Waals surface area (Å²) in [5.41, 5.74) is 3.50. The first-order valence-electron chi connectivity index (χ1n) is 10.6. The largest absolute Gasteiger partial charge is 0.355 e. The van der Waals surface area contributed by atoms with E-state index < -0.39 is 0 Å². The highest BCUT2D eigenvalue weighted by Gasteiger charge is 2.15. The van der Waals surface area contributed by atoms with Crippen molar-refractivity contribution in [3.8, 4) is 5.69 Å². The van der Waals surface area contributed by atoms with Crippen LogP contribution < -0.4 is 5.32 Å². The fourth-order valence-corrected chi connectivity index (χ4v) is 4.29. The molecule has 1 amide bonds. The number of rotatable bonds is 9. The number of piperidine rings is 1. The summed E-state index contributed by atoms with van der Waals surface area (Å²) in [6.45, 7) is 10.9. The zero-order chi connectivity index (χ0) is 20.6. The van der Waals surface area contributed by atoms with E-state index >= 15 is 0 Å². The second kappa shape index (κ2) is 10.8. The second-order valence-corrected chi connectivity index (χ2v) is 9.06. The normalized spacial score (nSPS) is 15.6. The maximum atomic E-state index is 12.2. The van der Waals surface area contributed by atoms with E-state index in [1.165, 1.54) is 48.8 Å². The van der Waals surface area contributed by atoms with Crippen LogP contribution in [0.4, 0.5) is 0 Å². The van der Waals surface area contributed by atoms with Gasteiger partial charge in [0.05, 0.1) is 5.75 Å². The van der Waals surface area contributed by atoms with Gasteiger partial charge in [-0.25, -0.2) is 0 Å². The van der Waals surface area contributed by atoms with Crippen LogP contribution in [0.5, 0.6) is 0 Å². The number of likely N-dealkylation sites (tertiary alicyclic amines) is 1. The van der Waals surface area contributed by atoms with Crippen LogP contribution in [0, 0.1) is 19.8 Å². The Bertz CT molecular complexity index is 798. The van der Waals surface area contributed by atoms with Gasteiger partial charge in [-0.05, 0) is 88.3 Å². The number of aromatic nitrogens is 3. The van der Waals surface area contributed by atoms with E-state index in [0.29, 0.717) is 5.75 Å². The van der Waals surface area contributed by atoms with Crippen molar-refractivity contribution in [1.82, 2.24) is 25.0 Å². The number of hydrogen-bond acceptors (Lipinski definition) is 5. The Morgan fingerprint density at radius 3 is 2.76 bits per heavy atom. The van der Waals surface area contributed by atoms with Crippen LogP contribution in [0.1, 0.15) is 43.7 Å². The van der Waals surface area contributed by atoms with Crippen LogP contribution in [-0.2, 0) is 4.79 Å². The molecule has 2 heterocycles. The molecule has 0 unspecified atom stereocenters. The van der Waals surface area contributed by atoms with Gasteiger partial charge in [-0.3, -0.25) is 9.36 Å². The van der Waals surface area contributed by atoms with Crippen molar-refractivity contribution in [3.63, 3.8) is 0 Å². The van der Waals surface area contributed by atoms with Crippen LogP contribution in [-0.4, -0.2) is 57.5 Å². The lowest BCUT2D eigenvalue weighted by Gasteiger charge is -2.30. The van der Waals surface area contributed by atoms with E-state index in [4.69, 9.17) is 0 Å². The number of hydrogen-bond donors (Lipinski definition) is 1. The molecule has 158 valence electrons. The number of nitrogens with one attached hydrogen (secondary N) is 1. The Hall–Kier alpha value is -1.86. The molecule has 29 heavy (non-hydrogen) atoms. The number of carbonyl (C=O) groups is 1. The first-order valence-corrected chi connectivity index (χ1v) is 11.6. The summed E-state index contributed by atoms with van der Waals surface area (Å²) in [5, 5.41) is 12.0. The number of thioether (sulfide) groups is 1. The monoisotopic (exact) mass is 415 g/mol. The lowest BCUT2D eigenvalue weighted by atomic mass is 9.99. The maximum Gasteiger partial charge on any atom is 0.230 e. The van der Waals surface area contributed by atoms with Gasteiger partial charge < -0.3 is 10.2 Å². The molecule has 1 N–H and O–H groups in total. The Morgan fingerprint density at radius 2 is 2.00 bits per heavy atom. The second-order valence-electron chi connectivity index (χ2n) is 8.12. The third-order valence-electron chi connectivity index (χ3n) is 5.72. The molecule has 1 aliphatic heterocycles. The van der Waals surface area contributed by atoms with Crippen LogP contribution in [0.2, 0.25) is 0 Å². The standard InChI is InChI=1S/C22H33N5OS/c1-17-8-12-26(13-9-17)11-5-4-10-23-21(28)15-29-22-25-24-16-27(22)20-7-6-18(2)19(3)14-20/h6-7,14,16-17H,4-5,8-13,15H2,1-3H3,(H,23,28). The molecule has 6 nitrogen and oxygen atoms in total. The minimum absolute atomic E-state index is 0.0523. The van der Waals surface area contributed by atoms with Crippen molar-refractivity contribution >= 4 is 17.7 Å². The summed E-state index contributed by atoms with van der Waals surface area (Å²) in [7, 11) is 0. The van der Waals surface area contributed by atoms with Crippen molar-refractivity contribution in [2.45, 2.75) is 51.6 Å². The number of unbranched alkanes of at least 4 members (excludes halogenated alkanes) is 1. The van der Waals surface area contributed by atoms with Gasteiger partial charge in [0.25, 0.3) is 0 Å². The van der Waals surface area contributed by atoms with E-state index in [-0.39, 0.29) is 5.91 Å². The zero-order valence-corrected chi connectivity index (χ0v) is 18.7. The van der Waals surface area contributed by atoms with Crippen LogP contribution in [0.25, 0.3) is 5.69 Å². The topological polar surface area (TPSA) is 63.1 Å². The summed E-state index contributed by atoms with van der Waals surface area (Å²) in [6.07, 6.45) is 6.51. The fourth-order valence-electron chi connectivity index (χ4n) is 3.53. The molecule has 1 saturated heterocycles. The zero-order valence-electron chi connectivity index (χ0n) is 17.9. The highest BCUT2D eigenvalue weighted by molar-refractivity contribution is 7.99. The first kappa shape index (κ1) is 21.8. The van der Waals surface area contributed by atoms with Crippen molar-refractivity contribution in [2.75, 3.05) is 31.9 Å². The minimum atomic E-state index is 0.0523. The molecule has 0 atom stereocenters. The van der Waals surface area contributed by atoms with Crippen molar-refractivity contribution in [2.24, 2.45) is 5.92 Å². The van der Waals surface area contributed by atoms with Crippen LogP contribution in [0.3, 0.4) is 0 Å². The third-order valence-corrected chi connectivity index (χ3v) is 6.66. The molecular weight excluding hydrogens is 382 g/mol. The molecule has 1 fully saturated rings. The third kappa shape index (κ3) is 6.57. The van der Waals surface area contributed by atoms with E-state index in [2.05, 4.69) is 59.4 Å². The van der Waals surface area contributed by atoms with Crippen LogP contribution >= 0.6 is 11.8 Å². The number of carbonyl (C=O) groups excluding carboxylic acids is 1. The molecule has 1 aromatic heterocycles. The molecule has 1 aromatic carbocycles. The van der Waals surface area contributed by atoms with Crippen LogP contribution in [0.15, 0.2) is 29.7 Å². The van der Waals surface area contributed by atoms with Gasteiger partial charge in [0.1, 0.15) is 6.33 Å². The van der Waals surface area contributed by atoms with E-state index in [1.54, 1.807) is 6.33 Å². The Balaban J connectivity index is 1.36. The highest BCUT2D eigenvalue weighted by Crippen LogP contribution is 2.21. The van der Waals surface area contributed by atoms with Crippen molar-refractivity contribution in [1.29, 1.82) is 0 Å². The van der Waals surface area contributed by atoms with Gasteiger partial charge in [-0.2, -0.15) is 0 Å². The Morgan fingerprint density at radius 1 is 1.21 bits per heavy atom. The smallest absolute Gasteiger partial charge is 0.230 e. The molecular formula is C22H33N5OS. The average molecular weight is 416 g/mol. The van der Waals surface area contributed by atoms with Gasteiger partial charge in [-0.15, -0.1) is 10.2 Å². The summed E-state index contributed by atoms with van der Waals surface area (Å²) in [5.74, 6) is 1.29. The quantitative estimate of drug-likeness (QED) is 0.501. The lowest BCUT2D eigenvalue weighted by Crippen LogP contribution is -2.34. The summed E-state index contributed by atoms with van der Waals surface area (Å²) in [6, 6.07) is 6.26. The molecule has 0 radical (unpaired) electrons. The summed E-state index contributed by atoms with van der Waals surface area (Å²) in [4.78, 5) is 14.7. The predicted molar refractivity (Wildman–Crippen MR) is 119 cm³/mol. The van der Waals surface area contributed by atoms with Gasteiger partial charge in [-0.1, -0.05) is 24.8 Å². The van der Waals surface area contributed by atoms with Gasteiger partial charge in [0, 0.05) is 12.2 Å². The molecule has 0 spiro atoms. The molecule has 0 bridgehead atoms. The highest BCUT2D eigenvalue weighted by atomic mass is 32.2. The first-order chi connectivity index (χ1) is 14.0. The predicted octanol–water partition coefficient (Wildman–Crippen LogP) is 3.60. The number of amides is 1. The number of aryl methyl sites for hydroxylation is 2. The summed E-state index contributed by atoms with van der Waals surface area (Å²) < 4.78 is 1.93.